The fraction of sp³-hybridized carbons (Fsp3) is 0.136. The zero-order valence-corrected chi connectivity index (χ0v) is 15.2. The predicted molar refractivity (Wildman–Crippen MR) is 111 cm³/mol. The van der Waals surface area contributed by atoms with E-state index in [4.69, 9.17) is 0 Å². The van der Waals surface area contributed by atoms with E-state index in [0.29, 0.717) is 17.4 Å². The second-order valence-corrected chi connectivity index (χ2v) is 6.70. The maximum absolute atomic E-state index is 12.2. The molecule has 1 fully saturated rings. The Morgan fingerprint density at radius 1 is 0.929 bits per heavy atom. The van der Waals surface area contributed by atoms with Crippen LogP contribution in [-0.2, 0) is 4.79 Å². The number of hydrogen-bond acceptors (Lipinski definition) is 3. The van der Waals surface area contributed by atoms with Gasteiger partial charge < -0.3 is 16.0 Å². The molecule has 2 aromatic carbocycles. The molecule has 140 valence electrons. The molecule has 0 atom stereocenters. The van der Waals surface area contributed by atoms with Crippen LogP contribution in [0.3, 0.4) is 0 Å². The Hall–Kier alpha value is -3.67. The molecule has 1 saturated carbocycles. The Labute approximate surface area is 162 Å². The second-order valence-electron chi connectivity index (χ2n) is 6.70. The molecule has 3 N–H and O–H groups in total. The molecule has 3 aromatic rings. The fourth-order valence-electron chi connectivity index (χ4n) is 2.83. The first-order chi connectivity index (χ1) is 13.7. The van der Waals surface area contributed by atoms with E-state index in [-0.39, 0.29) is 11.9 Å². The van der Waals surface area contributed by atoms with Crippen molar-refractivity contribution in [2.75, 3.05) is 10.6 Å². The maximum atomic E-state index is 12.2. The molecular formula is C22H20N4O2. The average Bonchev–Trinajstić information content (AvgIpc) is 3.51. The van der Waals surface area contributed by atoms with Crippen LogP contribution in [0, 0.1) is 0 Å². The van der Waals surface area contributed by atoms with Gasteiger partial charge in [0.25, 0.3) is 0 Å². The number of fused-ring (bicyclic) bond motifs is 1. The van der Waals surface area contributed by atoms with Crippen molar-refractivity contribution in [3.05, 3.63) is 72.4 Å². The summed E-state index contributed by atoms with van der Waals surface area (Å²) in [7, 11) is 0. The van der Waals surface area contributed by atoms with E-state index >= 15 is 0 Å². The lowest BCUT2D eigenvalue weighted by molar-refractivity contribution is -0.111. The molecule has 0 aliphatic heterocycles. The third kappa shape index (κ3) is 4.54. The van der Waals surface area contributed by atoms with Gasteiger partial charge in [-0.15, -0.1) is 0 Å². The van der Waals surface area contributed by atoms with Gasteiger partial charge in [-0.3, -0.25) is 9.78 Å². The number of urea groups is 1. The first-order valence-electron chi connectivity index (χ1n) is 9.18. The Kier molecular flexibility index (Phi) is 5.01. The highest BCUT2D eigenvalue weighted by Crippen LogP contribution is 2.20. The minimum absolute atomic E-state index is 0.203. The zero-order valence-electron chi connectivity index (χ0n) is 15.2. The van der Waals surface area contributed by atoms with E-state index in [2.05, 4.69) is 20.9 Å². The van der Waals surface area contributed by atoms with Gasteiger partial charge in [0, 0.05) is 40.6 Å². The summed E-state index contributed by atoms with van der Waals surface area (Å²) >= 11 is 0. The standard InChI is InChI=1S/C22H20N4O2/c27-20(13-6-16-4-1-3-15-5-2-14-23-21(15)16)24-17-7-9-18(10-8-17)25-22(28)26-19-11-12-19/h1-10,13-14,19H,11-12H2,(H,24,27)(H2,25,26,28)/b13-6+. The molecule has 1 aliphatic rings. The number of pyridine rings is 1. The number of amides is 3. The Bertz CT molecular complexity index is 1030. The number of carbonyl (C=O) groups excluding carboxylic acids is 2. The van der Waals surface area contributed by atoms with Crippen molar-refractivity contribution in [2.45, 2.75) is 18.9 Å². The highest BCUT2D eigenvalue weighted by Gasteiger charge is 2.23. The van der Waals surface area contributed by atoms with Crippen molar-refractivity contribution in [1.82, 2.24) is 10.3 Å². The summed E-state index contributed by atoms with van der Waals surface area (Å²) in [5.41, 5.74) is 3.07. The van der Waals surface area contributed by atoms with Crippen LogP contribution in [0.2, 0.25) is 0 Å². The highest BCUT2D eigenvalue weighted by molar-refractivity contribution is 6.03. The van der Waals surface area contributed by atoms with Crippen LogP contribution < -0.4 is 16.0 Å². The zero-order chi connectivity index (χ0) is 19.3. The quantitative estimate of drug-likeness (QED) is 0.588. The van der Waals surface area contributed by atoms with E-state index in [1.807, 2.05) is 30.3 Å². The van der Waals surface area contributed by atoms with Gasteiger partial charge in [0.2, 0.25) is 5.91 Å². The lowest BCUT2D eigenvalue weighted by atomic mass is 10.1. The number of para-hydroxylation sites is 1. The molecule has 1 heterocycles. The number of nitrogens with one attached hydrogen (secondary N) is 3. The lowest BCUT2D eigenvalue weighted by Crippen LogP contribution is -2.30. The molecule has 6 nitrogen and oxygen atoms in total. The van der Waals surface area contributed by atoms with Crippen LogP contribution in [0.1, 0.15) is 18.4 Å². The predicted octanol–water partition coefficient (Wildman–Crippen LogP) is 4.17. The Morgan fingerprint density at radius 3 is 2.39 bits per heavy atom. The van der Waals surface area contributed by atoms with Crippen LogP contribution in [0.15, 0.2) is 66.9 Å². The number of benzene rings is 2. The summed E-state index contributed by atoms with van der Waals surface area (Å²) < 4.78 is 0. The Morgan fingerprint density at radius 2 is 1.64 bits per heavy atom. The first kappa shape index (κ1) is 17.7. The van der Waals surface area contributed by atoms with Crippen molar-refractivity contribution in [2.24, 2.45) is 0 Å². The summed E-state index contributed by atoms with van der Waals surface area (Å²) in [5, 5.41) is 9.47. The van der Waals surface area contributed by atoms with Crippen molar-refractivity contribution in [1.29, 1.82) is 0 Å². The summed E-state index contributed by atoms with van der Waals surface area (Å²) in [6, 6.07) is 16.8. The third-order valence-electron chi connectivity index (χ3n) is 4.40. The number of hydrogen-bond donors (Lipinski definition) is 3. The number of anilines is 2. The molecule has 0 radical (unpaired) electrons. The van der Waals surface area contributed by atoms with Crippen LogP contribution in [0.25, 0.3) is 17.0 Å². The number of carbonyl (C=O) groups is 2. The van der Waals surface area contributed by atoms with E-state index in [1.54, 1.807) is 36.5 Å². The number of nitrogens with zero attached hydrogens (tertiary/aromatic N) is 1. The van der Waals surface area contributed by atoms with Gasteiger partial charge in [0.15, 0.2) is 0 Å². The van der Waals surface area contributed by atoms with Crippen molar-refractivity contribution in [3.63, 3.8) is 0 Å². The summed E-state index contributed by atoms with van der Waals surface area (Å²) in [6.45, 7) is 0. The van der Waals surface area contributed by atoms with Crippen LogP contribution >= 0.6 is 0 Å². The summed E-state index contributed by atoms with van der Waals surface area (Å²) in [6.07, 6.45) is 7.06. The van der Waals surface area contributed by atoms with E-state index in [0.717, 1.165) is 29.3 Å². The molecule has 0 unspecified atom stereocenters. The minimum atomic E-state index is -0.236. The number of aromatic nitrogens is 1. The van der Waals surface area contributed by atoms with Gasteiger partial charge in [-0.1, -0.05) is 24.3 Å². The summed E-state index contributed by atoms with van der Waals surface area (Å²) in [5.74, 6) is -0.236. The van der Waals surface area contributed by atoms with Gasteiger partial charge in [-0.25, -0.2) is 4.79 Å². The van der Waals surface area contributed by atoms with E-state index in [1.165, 1.54) is 6.08 Å². The largest absolute Gasteiger partial charge is 0.335 e. The topological polar surface area (TPSA) is 83.1 Å². The monoisotopic (exact) mass is 372 g/mol. The van der Waals surface area contributed by atoms with Crippen molar-refractivity contribution < 1.29 is 9.59 Å². The molecule has 0 spiro atoms. The smallest absolute Gasteiger partial charge is 0.319 e. The molecule has 6 heteroatoms. The highest BCUT2D eigenvalue weighted by atomic mass is 16.2. The van der Waals surface area contributed by atoms with Crippen LogP contribution in [0.5, 0.6) is 0 Å². The lowest BCUT2D eigenvalue weighted by Gasteiger charge is -2.08. The van der Waals surface area contributed by atoms with E-state index < -0.39 is 0 Å². The van der Waals surface area contributed by atoms with Gasteiger partial charge in [0.1, 0.15) is 0 Å². The first-order valence-corrected chi connectivity index (χ1v) is 9.18. The van der Waals surface area contributed by atoms with Gasteiger partial charge in [-0.05, 0) is 49.2 Å². The second kappa shape index (κ2) is 7.92. The molecule has 3 amide bonds. The molecule has 1 aromatic heterocycles. The van der Waals surface area contributed by atoms with Gasteiger partial charge in [-0.2, -0.15) is 0 Å². The third-order valence-corrected chi connectivity index (χ3v) is 4.40. The Balaban J connectivity index is 1.36. The fourth-order valence-corrected chi connectivity index (χ4v) is 2.83. The van der Waals surface area contributed by atoms with E-state index in [9.17, 15) is 9.59 Å². The molecule has 4 rings (SSSR count). The molecule has 0 saturated heterocycles. The van der Waals surface area contributed by atoms with Gasteiger partial charge >= 0.3 is 6.03 Å². The van der Waals surface area contributed by atoms with Crippen LogP contribution in [-0.4, -0.2) is 23.0 Å². The van der Waals surface area contributed by atoms with Crippen LogP contribution in [0.4, 0.5) is 16.2 Å². The molecule has 0 bridgehead atoms. The average molecular weight is 372 g/mol. The maximum Gasteiger partial charge on any atom is 0.319 e. The number of rotatable bonds is 5. The summed E-state index contributed by atoms with van der Waals surface area (Å²) in [4.78, 5) is 28.3. The minimum Gasteiger partial charge on any atom is -0.335 e. The normalized spacial score (nSPS) is 13.4. The van der Waals surface area contributed by atoms with Crippen molar-refractivity contribution in [3.8, 4) is 0 Å². The SMILES string of the molecule is O=C(/C=C/c1cccc2cccnc12)Nc1ccc(NC(=O)NC2CC2)cc1. The molecule has 1 aliphatic carbocycles. The van der Waals surface area contributed by atoms with Crippen molar-refractivity contribution >= 4 is 40.3 Å². The van der Waals surface area contributed by atoms with Gasteiger partial charge in [0.05, 0.1) is 5.52 Å². The molecule has 28 heavy (non-hydrogen) atoms. The molecular weight excluding hydrogens is 352 g/mol.